The zero-order valence-corrected chi connectivity index (χ0v) is 18.6. The number of hydrogen-bond donors (Lipinski definition) is 2. The van der Waals surface area contributed by atoms with Crippen LogP contribution in [0.25, 0.3) is 0 Å². The monoisotopic (exact) mass is 478 g/mol. The maximum Gasteiger partial charge on any atom is 0.191 e. The van der Waals surface area contributed by atoms with Crippen LogP contribution in [0.4, 0.5) is 0 Å². The van der Waals surface area contributed by atoms with Gasteiger partial charge in [-0.2, -0.15) is 0 Å². The molecule has 8 heteroatoms. The zero-order chi connectivity index (χ0) is 17.7. The average Bonchev–Trinajstić information content (AvgIpc) is 3.30. The van der Waals surface area contributed by atoms with Gasteiger partial charge in [-0.25, -0.2) is 0 Å². The fourth-order valence-electron chi connectivity index (χ4n) is 2.95. The average molecular weight is 478 g/mol. The fraction of sp³-hybridized carbons (Fsp3) is 0.833. The van der Waals surface area contributed by atoms with Gasteiger partial charge in [-0.1, -0.05) is 33.1 Å². The lowest BCUT2D eigenvalue weighted by molar-refractivity contribution is 0.117. The second kappa shape index (κ2) is 14.2. The summed E-state index contributed by atoms with van der Waals surface area (Å²) in [5.41, 5.74) is 0. The molecule has 0 radical (unpaired) electrons. The van der Waals surface area contributed by atoms with Crippen molar-refractivity contribution >= 4 is 29.9 Å². The molecule has 0 amide bonds. The van der Waals surface area contributed by atoms with Gasteiger partial charge in [0.25, 0.3) is 0 Å². The molecule has 1 saturated heterocycles. The van der Waals surface area contributed by atoms with E-state index in [9.17, 15) is 0 Å². The van der Waals surface area contributed by atoms with Crippen molar-refractivity contribution in [2.24, 2.45) is 4.99 Å². The number of aromatic nitrogens is 3. The summed E-state index contributed by atoms with van der Waals surface area (Å²) in [6.07, 6.45) is 10.3. The molecule has 1 aromatic rings. The number of guanidine groups is 1. The van der Waals surface area contributed by atoms with Gasteiger partial charge >= 0.3 is 0 Å². The van der Waals surface area contributed by atoms with Crippen molar-refractivity contribution in [2.75, 3.05) is 26.2 Å². The summed E-state index contributed by atoms with van der Waals surface area (Å²) in [5, 5.41) is 15.0. The van der Waals surface area contributed by atoms with Gasteiger partial charge in [0.2, 0.25) is 0 Å². The molecule has 1 fully saturated rings. The quantitative estimate of drug-likeness (QED) is 0.222. The molecule has 1 aromatic heterocycles. The van der Waals surface area contributed by atoms with E-state index in [0.717, 1.165) is 63.8 Å². The number of aliphatic imine (C=N–C) groups is 1. The number of nitrogens with one attached hydrogen (secondary N) is 2. The molecule has 1 unspecified atom stereocenters. The van der Waals surface area contributed by atoms with E-state index in [2.05, 4.69) is 39.2 Å². The number of halogens is 1. The Hall–Kier alpha value is -0.900. The maximum absolute atomic E-state index is 5.67. The van der Waals surface area contributed by atoms with Crippen LogP contribution in [-0.2, 0) is 17.7 Å². The van der Waals surface area contributed by atoms with E-state index in [4.69, 9.17) is 9.73 Å². The Labute approximate surface area is 174 Å². The van der Waals surface area contributed by atoms with Crippen LogP contribution in [0.15, 0.2) is 11.3 Å². The highest BCUT2D eigenvalue weighted by Gasteiger charge is 2.14. The molecule has 1 aliphatic heterocycles. The first-order chi connectivity index (χ1) is 12.3. The molecule has 26 heavy (non-hydrogen) atoms. The first-order valence-electron chi connectivity index (χ1n) is 9.84. The Kier molecular flexibility index (Phi) is 12.6. The molecule has 150 valence electrons. The smallest absolute Gasteiger partial charge is 0.191 e. The SMILES string of the molecule is CCCCCCNC(=NCC1CCCO1)NCCn1cnnc1CC.I. The second-order valence-electron chi connectivity index (χ2n) is 6.53. The minimum absolute atomic E-state index is 0. The predicted octanol–water partition coefficient (Wildman–Crippen LogP) is 2.75. The molecule has 0 bridgehead atoms. The van der Waals surface area contributed by atoms with Crippen LogP contribution in [0.1, 0.15) is 58.2 Å². The van der Waals surface area contributed by atoms with E-state index < -0.39 is 0 Å². The van der Waals surface area contributed by atoms with E-state index in [0.29, 0.717) is 0 Å². The third-order valence-electron chi connectivity index (χ3n) is 4.46. The Morgan fingerprint density at radius 2 is 2.12 bits per heavy atom. The Morgan fingerprint density at radius 1 is 1.27 bits per heavy atom. The summed E-state index contributed by atoms with van der Waals surface area (Å²) in [7, 11) is 0. The van der Waals surface area contributed by atoms with Gasteiger partial charge in [-0.3, -0.25) is 4.99 Å². The van der Waals surface area contributed by atoms with E-state index in [1.54, 1.807) is 6.33 Å². The molecule has 0 spiro atoms. The van der Waals surface area contributed by atoms with Gasteiger partial charge in [0.15, 0.2) is 5.96 Å². The van der Waals surface area contributed by atoms with Gasteiger partial charge in [-0.15, -0.1) is 34.2 Å². The molecule has 1 aliphatic rings. The van der Waals surface area contributed by atoms with E-state index in [1.807, 2.05) is 0 Å². The minimum atomic E-state index is 0. The first-order valence-corrected chi connectivity index (χ1v) is 9.84. The molecular formula is C18H35IN6O. The molecule has 2 heterocycles. The van der Waals surface area contributed by atoms with Crippen LogP contribution >= 0.6 is 24.0 Å². The minimum Gasteiger partial charge on any atom is -0.376 e. The first kappa shape index (κ1) is 23.1. The molecule has 0 aromatic carbocycles. The summed E-state index contributed by atoms with van der Waals surface area (Å²) in [4.78, 5) is 4.71. The summed E-state index contributed by atoms with van der Waals surface area (Å²) in [6, 6.07) is 0. The molecule has 7 nitrogen and oxygen atoms in total. The topological polar surface area (TPSA) is 76.4 Å². The van der Waals surface area contributed by atoms with Gasteiger partial charge in [0.05, 0.1) is 12.6 Å². The van der Waals surface area contributed by atoms with Crippen LogP contribution in [0.3, 0.4) is 0 Å². The van der Waals surface area contributed by atoms with Crippen molar-refractivity contribution in [2.45, 2.75) is 71.4 Å². The van der Waals surface area contributed by atoms with Crippen molar-refractivity contribution in [3.63, 3.8) is 0 Å². The molecule has 0 saturated carbocycles. The van der Waals surface area contributed by atoms with Crippen LogP contribution in [0.5, 0.6) is 0 Å². The third-order valence-corrected chi connectivity index (χ3v) is 4.46. The summed E-state index contributed by atoms with van der Waals surface area (Å²) in [5.74, 6) is 1.91. The van der Waals surface area contributed by atoms with Crippen LogP contribution in [0, 0.1) is 0 Å². The van der Waals surface area contributed by atoms with Crippen molar-refractivity contribution in [1.29, 1.82) is 0 Å². The van der Waals surface area contributed by atoms with Crippen LogP contribution < -0.4 is 10.6 Å². The normalized spacial score (nSPS) is 17.2. The number of nitrogens with zero attached hydrogens (tertiary/aromatic N) is 4. The van der Waals surface area contributed by atoms with E-state index in [-0.39, 0.29) is 30.1 Å². The number of ether oxygens (including phenoxy) is 1. The zero-order valence-electron chi connectivity index (χ0n) is 16.2. The lowest BCUT2D eigenvalue weighted by atomic mass is 10.2. The van der Waals surface area contributed by atoms with Crippen LogP contribution in [-0.4, -0.2) is 53.1 Å². The Morgan fingerprint density at radius 3 is 2.85 bits per heavy atom. The summed E-state index contributed by atoms with van der Waals surface area (Å²) >= 11 is 0. The number of rotatable bonds is 11. The van der Waals surface area contributed by atoms with Crippen molar-refractivity contribution in [3.05, 3.63) is 12.2 Å². The third kappa shape index (κ3) is 8.66. The lowest BCUT2D eigenvalue weighted by Gasteiger charge is -2.14. The van der Waals surface area contributed by atoms with Gasteiger partial charge in [-0.05, 0) is 19.3 Å². The highest BCUT2D eigenvalue weighted by molar-refractivity contribution is 14.0. The highest BCUT2D eigenvalue weighted by atomic mass is 127. The Balaban J connectivity index is 0.00000338. The molecule has 0 aliphatic carbocycles. The number of unbranched alkanes of at least 4 members (excludes halogenated alkanes) is 3. The van der Waals surface area contributed by atoms with Crippen molar-refractivity contribution < 1.29 is 4.74 Å². The number of aryl methyl sites for hydroxylation is 1. The van der Waals surface area contributed by atoms with E-state index in [1.165, 1.54) is 25.7 Å². The fourth-order valence-corrected chi connectivity index (χ4v) is 2.95. The molecular weight excluding hydrogens is 443 g/mol. The lowest BCUT2D eigenvalue weighted by Crippen LogP contribution is -2.40. The van der Waals surface area contributed by atoms with E-state index >= 15 is 0 Å². The predicted molar refractivity (Wildman–Crippen MR) is 116 cm³/mol. The summed E-state index contributed by atoms with van der Waals surface area (Å²) < 4.78 is 7.76. The second-order valence-corrected chi connectivity index (χ2v) is 6.53. The van der Waals surface area contributed by atoms with Crippen LogP contribution in [0.2, 0.25) is 0 Å². The van der Waals surface area contributed by atoms with Gasteiger partial charge in [0, 0.05) is 32.7 Å². The summed E-state index contributed by atoms with van der Waals surface area (Å²) in [6.45, 7) is 8.55. The number of hydrogen-bond acceptors (Lipinski definition) is 4. The molecule has 1 atom stereocenters. The van der Waals surface area contributed by atoms with Crippen molar-refractivity contribution in [3.8, 4) is 0 Å². The van der Waals surface area contributed by atoms with Crippen molar-refractivity contribution in [1.82, 2.24) is 25.4 Å². The molecule has 2 N–H and O–H groups in total. The Bertz CT molecular complexity index is 502. The standard InChI is InChI=1S/C18H34N6O.HI/c1-3-5-6-7-10-19-18(21-14-16-9-8-13-25-16)20-11-12-24-15-22-23-17(24)4-2;/h15-16H,3-14H2,1-2H3,(H2,19,20,21);1H. The van der Waals surface area contributed by atoms with Gasteiger partial charge in [0.1, 0.15) is 12.2 Å². The maximum atomic E-state index is 5.67. The largest absolute Gasteiger partial charge is 0.376 e. The van der Waals surface area contributed by atoms with Gasteiger partial charge < -0.3 is 19.9 Å². The highest BCUT2D eigenvalue weighted by Crippen LogP contribution is 2.11. The molecule has 2 rings (SSSR count).